The molecule has 3 rings (SSSR count). The molecule has 0 saturated carbocycles. The number of anilines is 1. The Morgan fingerprint density at radius 1 is 1.12 bits per heavy atom. The molecule has 1 amide bonds. The fraction of sp³-hybridized carbons (Fsp3) is 0.300. The molecule has 4 nitrogen and oxygen atoms in total. The van der Waals surface area contributed by atoms with E-state index in [2.05, 4.69) is 0 Å². The maximum atomic E-state index is 12.7. The molecule has 0 spiro atoms. The number of amides is 1. The quantitative estimate of drug-likeness (QED) is 0.625. The average molecular weight is 322 g/mol. The van der Waals surface area contributed by atoms with Gasteiger partial charge in [0.1, 0.15) is 0 Å². The fourth-order valence-corrected chi connectivity index (χ4v) is 3.55. The minimum atomic E-state index is -0.0155. The Morgan fingerprint density at radius 2 is 1.79 bits per heavy atom. The molecule has 0 N–H and O–H groups in total. The predicted octanol–water partition coefficient (Wildman–Crippen LogP) is 3.67. The van der Waals surface area contributed by atoms with E-state index in [4.69, 9.17) is 0 Å². The van der Waals surface area contributed by atoms with Gasteiger partial charge in [0.15, 0.2) is 5.78 Å². The van der Waals surface area contributed by atoms with Gasteiger partial charge in [0, 0.05) is 36.6 Å². The lowest BCUT2D eigenvalue weighted by molar-refractivity contribution is -0.112. The second-order valence-corrected chi connectivity index (χ2v) is 6.53. The van der Waals surface area contributed by atoms with Gasteiger partial charge in [-0.05, 0) is 51.0 Å². The third kappa shape index (κ3) is 2.21. The third-order valence-corrected chi connectivity index (χ3v) is 4.96. The van der Waals surface area contributed by atoms with Gasteiger partial charge in [-0.1, -0.05) is 12.1 Å². The lowest BCUT2D eigenvalue weighted by atomic mass is 10.0. The molecular weight excluding hydrogens is 300 g/mol. The summed E-state index contributed by atoms with van der Waals surface area (Å²) in [6.45, 7) is 7.48. The summed E-state index contributed by atoms with van der Waals surface area (Å²) in [5.41, 5.74) is 7.17. The molecule has 0 unspecified atom stereocenters. The predicted molar refractivity (Wildman–Crippen MR) is 97.4 cm³/mol. The first-order chi connectivity index (χ1) is 11.2. The van der Waals surface area contributed by atoms with Gasteiger partial charge in [-0.25, -0.2) is 0 Å². The largest absolute Gasteiger partial charge is 0.347 e. The molecule has 0 radical (unpaired) electrons. The number of aryl methyl sites for hydroxylation is 1. The third-order valence-electron chi connectivity index (χ3n) is 4.96. The van der Waals surface area contributed by atoms with E-state index < -0.39 is 0 Å². The van der Waals surface area contributed by atoms with Crippen LogP contribution in [0.1, 0.15) is 45.4 Å². The number of rotatable bonds is 2. The summed E-state index contributed by atoms with van der Waals surface area (Å²) in [4.78, 5) is 26.3. The SMILES string of the molecule is CC(=O)c1c(C)c(/C=C2\C(=O)N(C)c3cc(C)ccc32)n(C)c1C. The number of likely N-dealkylation sites (N-methyl/N-ethyl adjacent to an activating group) is 1. The number of Topliss-reactive ketones (excluding diaryl/α,β-unsaturated/α-hetero) is 1. The number of ketones is 1. The topological polar surface area (TPSA) is 42.3 Å². The van der Waals surface area contributed by atoms with Crippen molar-refractivity contribution in [3.05, 3.63) is 51.8 Å². The summed E-state index contributed by atoms with van der Waals surface area (Å²) >= 11 is 0. The highest BCUT2D eigenvalue weighted by atomic mass is 16.2. The number of aromatic nitrogens is 1. The van der Waals surface area contributed by atoms with E-state index in [9.17, 15) is 9.59 Å². The van der Waals surface area contributed by atoms with E-state index in [1.165, 1.54) is 0 Å². The zero-order valence-corrected chi connectivity index (χ0v) is 15.0. The Labute approximate surface area is 142 Å². The summed E-state index contributed by atoms with van der Waals surface area (Å²) in [6.07, 6.45) is 1.91. The van der Waals surface area contributed by atoms with Gasteiger partial charge in [-0.15, -0.1) is 0 Å². The first-order valence-electron chi connectivity index (χ1n) is 8.01. The molecule has 0 aliphatic carbocycles. The Morgan fingerprint density at radius 3 is 2.38 bits per heavy atom. The number of hydrogen-bond donors (Lipinski definition) is 0. The summed E-state index contributed by atoms with van der Waals surface area (Å²) in [5.74, 6) is 0.0365. The van der Waals surface area contributed by atoms with Crippen molar-refractivity contribution in [3.8, 4) is 0 Å². The Balaban J connectivity index is 2.23. The second kappa shape index (κ2) is 5.48. The minimum absolute atomic E-state index is 0.0155. The molecule has 1 aliphatic heterocycles. The normalized spacial score (nSPS) is 15.3. The van der Waals surface area contributed by atoms with Crippen LogP contribution in [0, 0.1) is 20.8 Å². The number of hydrogen-bond acceptors (Lipinski definition) is 2. The van der Waals surface area contributed by atoms with E-state index in [0.717, 1.165) is 39.3 Å². The van der Waals surface area contributed by atoms with Crippen LogP contribution in [0.3, 0.4) is 0 Å². The Kier molecular flexibility index (Phi) is 3.71. The van der Waals surface area contributed by atoms with Gasteiger partial charge >= 0.3 is 0 Å². The van der Waals surface area contributed by atoms with Crippen molar-refractivity contribution >= 4 is 29.0 Å². The average Bonchev–Trinajstić information content (AvgIpc) is 2.87. The van der Waals surface area contributed by atoms with Gasteiger partial charge in [0.25, 0.3) is 5.91 Å². The van der Waals surface area contributed by atoms with Crippen LogP contribution in [-0.2, 0) is 11.8 Å². The highest BCUT2D eigenvalue weighted by Crippen LogP contribution is 2.38. The van der Waals surface area contributed by atoms with Crippen LogP contribution in [0.15, 0.2) is 18.2 Å². The molecule has 1 aliphatic rings. The van der Waals surface area contributed by atoms with Crippen molar-refractivity contribution in [2.24, 2.45) is 7.05 Å². The molecule has 1 aromatic heterocycles. The van der Waals surface area contributed by atoms with Crippen molar-refractivity contribution in [3.63, 3.8) is 0 Å². The van der Waals surface area contributed by atoms with Gasteiger partial charge in [-0.2, -0.15) is 0 Å². The van der Waals surface area contributed by atoms with Gasteiger partial charge in [0.2, 0.25) is 0 Å². The van der Waals surface area contributed by atoms with Crippen LogP contribution < -0.4 is 4.90 Å². The van der Waals surface area contributed by atoms with Crippen LogP contribution in [0.2, 0.25) is 0 Å². The zero-order valence-electron chi connectivity index (χ0n) is 15.0. The molecule has 124 valence electrons. The molecular formula is C20H22N2O2. The molecule has 0 saturated heterocycles. The number of benzene rings is 1. The fourth-order valence-electron chi connectivity index (χ4n) is 3.55. The van der Waals surface area contributed by atoms with Crippen molar-refractivity contribution in [2.45, 2.75) is 27.7 Å². The first-order valence-corrected chi connectivity index (χ1v) is 8.01. The molecule has 0 fully saturated rings. The molecule has 2 heterocycles. The first kappa shape index (κ1) is 16.2. The highest BCUT2D eigenvalue weighted by molar-refractivity contribution is 6.35. The smallest absolute Gasteiger partial charge is 0.258 e. The zero-order chi connectivity index (χ0) is 17.8. The van der Waals surface area contributed by atoms with E-state index >= 15 is 0 Å². The van der Waals surface area contributed by atoms with E-state index in [1.807, 2.05) is 56.7 Å². The van der Waals surface area contributed by atoms with Crippen molar-refractivity contribution in [1.82, 2.24) is 4.57 Å². The Bertz CT molecular complexity index is 916. The summed E-state index contributed by atoms with van der Waals surface area (Å²) in [5, 5.41) is 0. The van der Waals surface area contributed by atoms with Crippen LogP contribution >= 0.6 is 0 Å². The van der Waals surface area contributed by atoms with Crippen LogP contribution in [0.25, 0.3) is 11.6 Å². The molecule has 2 aromatic rings. The van der Waals surface area contributed by atoms with E-state index in [-0.39, 0.29) is 11.7 Å². The number of carbonyl (C=O) groups is 2. The molecule has 1 aromatic carbocycles. The molecule has 0 atom stereocenters. The second-order valence-electron chi connectivity index (χ2n) is 6.53. The van der Waals surface area contributed by atoms with Crippen LogP contribution in [0.5, 0.6) is 0 Å². The number of nitrogens with zero attached hydrogens (tertiary/aromatic N) is 2. The lowest BCUT2D eigenvalue weighted by Gasteiger charge is -2.09. The van der Waals surface area contributed by atoms with Crippen molar-refractivity contribution < 1.29 is 9.59 Å². The monoisotopic (exact) mass is 322 g/mol. The molecule has 24 heavy (non-hydrogen) atoms. The molecule has 0 bridgehead atoms. The number of fused-ring (bicyclic) bond motifs is 1. The maximum Gasteiger partial charge on any atom is 0.258 e. The van der Waals surface area contributed by atoms with Crippen molar-refractivity contribution in [1.29, 1.82) is 0 Å². The molecule has 4 heteroatoms. The van der Waals surface area contributed by atoms with Gasteiger partial charge in [0.05, 0.1) is 11.3 Å². The highest BCUT2D eigenvalue weighted by Gasteiger charge is 2.30. The lowest BCUT2D eigenvalue weighted by Crippen LogP contribution is -2.20. The summed E-state index contributed by atoms with van der Waals surface area (Å²) < 4.78 is 1.98. The van der Waals surface area contributed by atoms with Crippen LogP contribution in [0.4, 0.5) is 5.69 Å². The van der Waals surface area contributed by atoms with Gasteiger partial charge < -0.3 is 9.47 Å². The summed E-state index contributed by atoms with van der Waals surface area (Å²) in [6, 6.07) is 6.04. The van der Waals surface area contributed by atoms with E-state index in [1.54, 1.807) is 18.9 Å². The van der Waals surface area contributed by atoms with Crippen molar-refractivity contribution in [2.75, 3.05) is 11.9 Å². The minimum Gasteiger partial charge on any atom is -0.347 e. The van der Waals surface area contributed by atoms with E-state index in [0.29, 0.717) is 5.57 Å². The standard InChI is InChI=1S/C20H22N2O2/c1-11-7-8-15-16(20(24)22(6)18(15)9-11)10-17-12(2)19(14(4)23)13(3)21(17)5/h7-10H,1-6H3/b16-10-. The number of carbonyl (C=O) groups excluding carboxylic acids is 2. The van der Waals surface area contributed by atoms with Crippen LogP contribution in [-0.4, -0.2) is 23.3 Å². The maximum absolute atomic E-state index is 12.7. The Hall–Kier alpha value is -2.62. The van der Waals surface area contributed by atoms with Gasteiger partial charge in [-0.3, -0.25) is 9.59 Å². The summed E-state index contributed by atoms with van der Waals surface area (Å²) in [7, 11) is 3.73.